The SMILES string of the molecule is NCC1(c2cc(Cl)cc(F)c2Cl)CCCC1. The second-order valence-corrected chi connectivity index (χ2v) is 5.26. The van der Waals surface area contributed by atoms with Crippen molar-refractivity contribution in [1.82, 2.24) is 0 Å². The van der Waals surface area contributed by atoms with E-state index in [2.05, 4.69) is 0 Å². The van der Waals surface area contributed by atoms with Crippen LogP contribution in [-0.2, 0) is 5.41 Å². The van der Waals surface area contributed by atoms with Gasteiger partial charge in [-0.25, -0.2) is 4.39 Å². The van der Waals surface area contributed by atoms with Crippen LogP contribution in [0.5, 0.6) is 0 Å². The van der Waals surface area contributed by atoms with Crippen LogP contribution in [0.2, 0.25) is 10.0 Å². The molecule has 1 aliphatic rings. The fraction of sp³-hybridized carbons (Fsp3) is 0.500. The average molecular weight is 262 g/mol. The van der Waals surface area contributed by atoms with E-state index in [4.69, 9.17) is 28.9 Å². The van der Waals surface area contributed by atoms with Crippen LogP contribution in [0.25, 0.3) is 0 Å². The summed E-state index contributed by atoms with van der Waals surface area (Å²) in [5, 5.41) is 0.563. The van der Waals surface area contributed by atoms with Gasteiger partial charge in [0.2, 0.25) is 0 Å². The second-order valence-electron chi connectivity index (χ2n) is 4.44. The van der Waals surface area contributed by atoms with E-state index >= 15 is 0 Å². The first-order chi connectivity index (χ1) is 7.59. The molecule has 0 heterocycles. The summed E-state index contributed by atoms with van der Waals surface area (Å²) in [6.07, 6.45) is 4.15. The van der Waals surface area contributed by atoms with Crippen LogP contribution >= 0.6 is 23.2 Å². The van der Waals surface area contributed by atoms with Gasteiger partial charge >= 0.3 is 0 Å². The summed E-state index contributed by atoms with van der Waals surface area (Å²) in [5.41, 5.74) is 6.44. The van der Waals surface area contributed by atoms with Gasteiger partial charge in [-0.05, 0) is 30.5 Å². The van der Waals surface area contributed by atoms with Crippen LogP contribution in [0.3, 0.4) is 0 Å². The fourth-order valence-electron chi connectivity index (χ4n) is 2.58. The Morgan fingerprint density at radius 3 is 2.44 bits per heavy atom. The maximum absolute atomic E-state index is 13.5. The van der Waals surface area contributed by atoms with E-state index in [1.54, 1.807) is 6.07 Å². The highest BCUT2D eigenvalue weighted by molar-refractivity contribution is 6.33. The van der Waals surface area contributed by atoms with Crippen LogP contribution in [0.1, 0.15) is 31.2 Å². The third-order valence-electron chi connectivity index (χ3n) is 3.52. The molecular formula is C12H14Cl2FN. The summed E-state index contributed by atoms with van der Waals surface area (Å²) in [5.74, 6) is -0.455. The van der Waals surface area contributed by atoms with Crippen molar-refractivity contribution < 1.29 is 4.39 Å². The third kappa shape index (κ3) is 1.94. The summed E-state index contributed by atoms with van der Waals surface area (Å²) in [6.45, 7) is 0.493. The van der Waals surface area contributed by atoms with E-state index in [-0.39, 0.29) is 10.4 Å². The lowest BCUT2D eigenvalue weighted by atomic mass is 9.79. The molecule has 1 aromatic rings. The van der Waals surface area contributed by atoms with E-state index in [1.165, 1.54) is 6.07 Å². The molecule has 0 unspecified atom stereocenters. The Labute approximate surface area is 105 Å². The van der Waals surface area contributed by atoms with Gasteiger partial charge in [0.1, 0.15) is 5.82 Å². The number of hydrogen-bond donors (Lipinski definition) is 1. The third-order valence-corrected chi connectivity index (χ3v) is 4.12. The van der Waals surface area contributed by atoms with Crippen LogP contribution < -0.4 is 5.73 Å². The molecule has 1 aliphatic carbocycles. The molecule has 1 fully saturated rings. The normalized spacial score (nSPS) is 19.0. The van der Waals surface area contributed by atoms with E-state index < -0.39 is 5.82 Å². The molecule has 0 radical (unpaired) electrons. The van der Waals surface area contributed by atoms with Crippen molar-refractivity contribution in [3.05, 3.63) is 33.6 Å². The lowest BCUT2D eigenvalue weighted by Gasteiger charge is -2.29. The molecule has 0 saturated heterocycles. The minimum atomic E-state index is -0.455. The van der Waals surface area contributed by atoms with E-state index in [0.717, 1.165) is 31.2 Å². The van der Waals surface area contributed by atoms with Gasteiger partial charge in [0.05, 0.1) is 5.02 Å². The summed E-state index contributed by atoms with van der Waals surface area (Å²) >= 11 is 11.9. The van der Waals surface area contributed by atoms with Gasteiger partial charge < -0.3 is 5.73 Å². The standard InChI is InChI=1S/C12H14Cl2FN/c13-8-5-9(11(14)10(15)6-8)12(7-16)3-1-2-4-12/h5-6H,1-4,7,16H2. The lowest BCUT2D eigenvalue weighted by Crippen LogP contribution is -2.32. The van der Waals surface area contributed by atoms with E-state index in [9.17, 15) is 4.39 Å². The average Bonchev–Trinajstić information content (AvgIpc) is 2.73. The zero-order chi connectivity index (χ0) is 11.8. The zero-order valence-corrected chi connectivity index (χ0v) is 10.4. The highest BCUT2D eigenvalue weighted by atomic mass is 35.5. The van der Waals surface area contributed by atoms with Gasteiger partial charge in [-0.1, -0.05) is 36.0 Å². The Bertz CT molecular complexity index is 400. The maximum atomic E-state index is 13.5. The monoisotopic (exact) mass is 261 g/mol. The Balaban J connectivity index is 2.53. The molecule has 88 valence electrons. The number of hydrogen-bond acceptors (Lipinski definition) is 1. The zero-order valence-electron chi connectivity index (χ0n) is 8.90. The molecular weight excluding hydrogens is 248 g/mol. The molecule has 2 N–H and O–H groups in total. The van der Waals surface area contributed by atoms with Gasteiger partial charge in [-0.15, -0.1) is 0 Å². The predicted octanol–water partition coefficient (Wildman–Crippen LogP) is 3.90. The van der Waals surface area contributed by atoms with Gasteiger partial charge in [0.25, 0.3) is 0 Å². The molecule has 4 heteroatoms. The van der Waals surface area contributed by atoms with Crippen LogP contribution in [-0.4, -0.2) is 6.54 Å². The number of rotatable bonds is 2. The topological polar surface area (TPSA) is 26.0 Å². The molecule has 0 amide bonds. The smallest absolute Gasteiger partial charge is 0.143 e. The van der Waals surface area contributed by atoms with Crippen LogP contribution in [0, 0.1) is 5.82 Å². The summed E-state index contributed by atoms with van der Waals surface area (Å²) in [4.78, 5) is 0. The van der Waals surface area contributed by atoms with Crippen molar-refractivity contribution in [3.8, 4) is 0 Å². The summed E-state index contributed by atoms with van der Waals surface area (Å²) in [6, 6.07) is 3.00. The van der Waals surface area contributed by atoms with Crippen molar-refractivity contribution in [2.24, 2.45) is 5.73 Å². The van der Waals surface area contributed by atoms with Crippen molar-refractivity contribution in [2.45, 2.75) is 31.1 Å². The van der Waals surface area contributed by atoms with Gasteiger partial charge in [-0.2, -0.15) is 0 Å². The highest BCUT2D eigenvalue weighted by Gasteiger charge is 2.36. The summed E-state index contributed by atoms with van der Waals surface area (Å²) in [7, 11) is 0. The summed E-state index contributed by atoms with van der Waals surface area (Å²) < 4.78 is 13.5. The molecule has 0 aliphatic heterocycles. The fourth-order valence-corrected chi connectivity index (χ4v) is 3.09. The number of halogens is 3. The molecule has 0 aromatic heterocycles. The Hall–Kier alpha value is -0.310. The highest BCUT2D eigenvalue weighted by Crippen LogP contribution is 2.44. The Morgan fingerprint density at radius 1 is 1.25 bits per heavy atom. The molecule has 16 heavy (non-hydrogen) atoms. The van der Waals surface area contributed by atoms with Gasteiger partial charge in [0, 0.05) is 17.0 Å². The lowest BCUT2D eigenvalue weighted by molar-refractivity contribution is 0.450. The molecule has 0 bridgehead atoms. The minimum Gasteiger partial charge on any atom is -0.330 e. The molecule has 1 saturated carbocycles. The molecule has 1 aromatic carbocycles. The first-order valence-corrected chi connectivity index (χ1v) is 6.20. The Kier molecular flexibility index (Phi) is 3.43. The second kappa shape index (κ2) is 4.52. The maximum Gasteiger partial charge on any atom is 0.143 e. The quantitative estimate of drug-likeness (QED) is 0.803. The van der Waals surface area contributed by atoms with Crippen molar-refractivity contribution >= 4 is 23.2 Å². The van der Waals surface area contributed by atoms with Crippen LogP contribution in [0.4, 0.5) is 4.39 Å². The number of nitrogens with two attached hydrogens (primary N) is 1. The van der Waals surface area contributed by atoms with Crippen LogP contribution in [0.15, 0.2) is 12.1 Å². The van der Waals surface area contributed by atoms with Crippen molar-refractivity contribution in [2.75, 3.05) is 6.54 Å². The van der Waals surface area contributed by atoms with Gasteiger partial charge in [-0.3, -0.25) is 0 Å². The molecule has 0 atom stereocenters. The molecule has 0 spiro atoms. The Morgan fingerprint density at radius 2 is 1.88 bits per heavy atom. The predicted molar refractivity (Wildman–Crippen MR) is 65.6 cm³/mol. The van der Waals surface area contributed by atoms with E-state index in [1.807, 2.05) is 0 Å². The number of benzene rings is 1. The molecule has 2 rings (SSSR count). The van der Waals surface area contributed by atoms with Crippen molar-refractivity contribution in [1.29, 1.82) is 0 Å². The van der Waals surface area contributed by atoms with E-state index in [0.29, 0.717) is 11.6 Å². The van der Waals surface area contributed by atoms with Gasteiger partial charge in [0.15, 0.2) is 0 Å². The molecule has 1 nitrogen and oxygen atoms in total. The first-order valence-electron chi connectivity index (χ1n) is 5.44. The van der Waals surface area contributed by atoms with Crippen molar-refractivity contribution in [3.63, 3.8) is 0 Å². The first kappa shape index (κ1) is 12.2. The minimum absolute atomic E-state index is 0.178. The largest absolute Gasteiger partial charge is 0.330 e.